The summed E-state index contributed by atoms with van der Waals surface area (Å²) in [6, 6.07) is -0.999. The second kappa shape index (κ2) is 8.44. The van der Waals surface area contributed by atoms with Crippen molar-refractivity contribution in [2.75, 3.05) is 18.3 Å². The zero-order valence-electron chi connectivity index (χ0n) is 12.8. The Kier molecular flexibility index (Phi) is 8.04. The maximum atomic E-state index is 11.8. The molecule has 1 amide bonds. The van der Waals surface area contributed by atoms with E-state index >= 15 is 0 Å². The van der Waals surface area contributed by atoms with E-state index in [1.807, 2.05) is 6.26 Å². The van der Waals surface area contributed by atoms with Crippen LogP contribution in [0.5, 0.6) is 0 Å². The fourth-order valence-corrected chi connectivity index (χ4v) is 1.83. The summed E-state index contributed by atoms with van der Waals surface area (Å²) in [5.74, 6) is -0.325. The molecule has 0 bridgehead atoms. The van der Waals surface area contributed by atoms with Gasteiger partial charge in [0.1, 0.15) is 11.6 Å². The molecular formula is C11H22N2O6S2. The Bertz CT molecular complexity index is 458. The molecule has 0 aliphatic carbocycles. The highest BCUT2D eigenvalue weighted by Crippen LogP contribution is 2.08. The van der Waals surface area contributed by atoms with Crippen molar-refractivity contribution in [3.8, 4) is 0 Å². The first-order chi connectivity index (χ1) is 9.44. The van der Waals surface area contributed by atoms with E-state index < -0.39 is 33.7 Å². The zero-order chi connectivity index (χ0) is 16.7. The highest BCUT2D eigenvalue weighted by Gasteiger charge is 2.26. The number of amides is 1. The fourth-order valence-electron chi connectivity index (χ4n) is 1.12. The summed E-state index contributed by atoms with van der Waals surface area (Å²) in [4.78, 5) is 29.5. The van der Waals surface area contributed by atoms with Gasteiger partial charge in [0.25, 0.3) is 0 Å². The third-order valence-corrected chi connectivity index (χ3v) is 2.91. The molecule has 0 rings (SSSR count). The molecule has 0 saturated carbocycles. The van der Waals surface area contributed by atoms with Gasteiger partial charge in [-0.2, -0.15) is 11.8 Å². The number of carbonyl (C=O) groups excluding carboxylic acids is 2. The quantitative estimate of drug-likeness (QED) is 0.653. The summed E-state index contributed by atoms with van der Waals surface area (Å²) in [7, 11) is -3.67. The van der Waals surface area contributed by atoms with Crippen LogP contribution < -0.4 is 10.2 Å². The minimum absolute atomic E-state index is 0.282. The number of sulfonamides is 1. The molecule has 0 aromatic rings. The number of thioether (sulfide) groups is 1. The number of nitrogens with one attached hydrogen (secondary N) is 2. The van der Waals surface area contributed by atoms with Crippen LogP contribution in [-0.2, 0) is 24.4 Å². The molecule has 0 aliphatic rings. The van der Waals surface area contributed by atoms with E-state index in [9.17, 15) is 18.0 Å². The Hall–Kier alpha value is -1.00. The van der Waals surface area contributed by atoms with E-state index in [-0.39, 0.29) is 6.42 Å². The summed E-state index contributed by atoms with van der Waals surface area (Å²) in [5, 5.41) is 2.36. The van der Waals surface area contributed by atoms with Crippen LogP contribution in [0.25, 0.3) is 0 Å². The van der Waals surface area contributed by atoms with Crippen LogP contribution in [0.3, 0.4) is 0 Å². The van der Waals surface area contributed by atoms with Gasteiger partial charge in [0.2, 0.25) is 10.0 Å². The maximum absolute atomic E-state index is 11.8. The SMILES string of the molecule is CSCC[C@H](NC(=O)OC(C)(C)C)C(=O)ONS(C)(=O)=O. The maximum Gasteiger partial charge on any atom is 0.408 e. The average Bonchev–Trinajstić information content (AvgIpc) is 2.28. The lowest BCUT2D eigenvalue weighted by molar-refractivity contribution is -0.149. The molecule has 21 heavy (non-hydrogen) atoms. The first kappa shape index (κ1) is 20.0. The second-order valence-corrected chi connectivity index (χ2v) is 7.95. The monoisotopic (exact) mass is 342 g/mol. The largest absolute Gasteiger partial charge is 0.444 e. The van der Waals surface area contributed by atoms with Gasteiger partial charge in [-0.05, 0) is 44.1 Å². The molecule has 0 aromatic heterocycles. The lowest BCUT2D eigenvalue weighted by Crippen LogP contribution is -2.46. The van der Waals surface area contributed by atoms with Crippen molar-refractivity contribution in [2.45, 2.75) is 38.8 Å². The first-order valence-corrected chi connectivity index (χ1v) is 9.39. The Morgan fingerprint density at radius 2 is 1.86 bits per heavy atom. The zero-order valence-corrected chi connectivity index (χ0v) is 14.4. The Labute approximate surface area is 129 Å². The molecule has 0 heterocycles. The standard InChI is InChI=1S/C11H22N2O6S2/c1-11(2,3)18-10(15)12-8(6-7-20-4)9(14)19-13-21(5,16)17/h8,13H,6-7H2,1-5H3,(H,12,15)/t8-/m0/s1. The van der Waals surface area contributed by atoms with E-state index in [1.54, 1.807) is 25.7 Å². The number of carbonyl (C=O) groups is 2. The highest BCUT2D eigenvalue weighted by molar-refractivity contribution is 7.98. The predicted molar refractivity (Wildman–Crippen MR) is 80.2 cm³/mol. The summed E-state index contributed by atoms with van der Waals surface area (Å²) >= 11 is 1.47. The number of alkyl carbamates (subject to hydrolysis) is 1. The van der Waals surface area contributed by atoms with E-state index in [0.29, 0.717) is 5.75 Å². The highest BCUT2D eigenvalue weighted by atomic mass is 32.2. The first-order valence-electron chi connectivity index (χ1n) is 6.10. The van der Waals surface area contributed by atoms with Crippen LogP contribution in [0.1, 0.15) is 27.2 Å². The van der Waals surface area contributed by atoms with E-state index in [2.05, 4.69) is 10.2 Å². The third kappa shape index (κ3) is 11.3. The van der Waals surface area contributed by atoms with Gasteiger partial charge in [0.05, 0.1) is 6.26 Å². The van der Waals surface area contributed by atoms with Gasteiger partial charge in [-0.1, -0.05) is 0 Å². The van der Waals surface area contributed by atoms with E-state index in [1.165, 1.54) is 11.8 Å². The molecule has 2 N–H and O–H groups in total. The van der Waals surface area contributed by atoms with Gasteiger partial charge in [0, 0.05) is 0 Å². The summed E-state index contributed by atoms with van der Waals surface area (Å²) in [5.41, 5.74) is -0.705. The summed E-state index contributed by atoms with van der Waals surface area (Å²) < 4.78 is 26.8. The van der Waals surface area contributed by atoms with Crippen molar-refractivity contribution < 1.29 is 27.6 Å². The Morgan fingerprint density at radius 1 is 1.29 bits per heavy atom. The molecule has 8 nitrogen and oxygen atoms in total. The molecule has 0 unspecified atom stereocenters. The minimum Gasteiger partial charge on any atom is -0.444 e. The molecular weight excluding hydrogens is 320 g/mol. The molecule has 0 radical (unpaired) electrons. The molecule has 0 fully saturated rings. The summed E-state index contributed by atoms with van der Waals surface area (Å²) in [6.45, 7) is 5.06. The topological polar surface area (TPSA) is 111 Å². The number of hydrogen-bond acceptors (Lipinski definition) is 7. The van der Waals surface area contributed by atoms with Crippen molar-refractivity contribution in [1.29, 1.82) is 0 Å². The fraction of sp³-hybridized carbons (Fsp3) is 0.818. The minimum atomic E-state index is -3.67. The Morgan fingerprint density at radius 3 is 2.29 bits per heavy atom. The molecule has 0 spiro atoms. The molecule has 1 atom stereocenters. The molecule has 0 aliphatic heterocycles. The van der Waals surface area contributed by atoms with Gasteiger partial charge >= 0.3 is 12.1 Å². The number of hydrogen-bond donors (Lipinski definition) is 2. The van der Waals surface area contributed by atoms with Gasteiger partial charge in [0.15, 0.2) is 0 Å². The third-order valence-electron chi connectivity index (χ3n) is 1.88. The average molecular weight is 342 g/mol. The smallest absolute Gasteiger partial charge is 0.408 e. The van der Waals surface area contributed by atoms with Crippen LogP contribution in [0.2, 0.25) is 0 Å². The van der Waals surface area contributed by atoms with Crippen molar-refractivity contribution in [3.63, 3.8) is 0 Å². The van der Waals surface area contributed by atoms with Gasteiger partial charge in [-0.25, -0.2) is 18.0 Å². The lowest BCUT2D eigenvalue weighted by atomic mass is 10.2. The van der Waals surface area contributed by atoms with E-state index in [4.69, 9.17) is 4.74 Å². The van der Waals surface area contributed by atoms with Crippen LogP contribution in [0.4, 0.5) is 4.79 Å². The van der Waals surface area contributed by atoms with E-state index in [0.717, 1.165) is 6.26 Å². The van der Waals surface area contributed by atoms with Crippen molar-refractivity contribution in [3.05, 3.63) is 0 Å². The van der Waals surface area contributed by atoms with Crippen molar-refractivity contribution >= 4 is 33.8 Å². The molecule has 124 valence electrons. The van der Waals surface area contributed by atoms with Gasteiger partial charge in [-0.15, -0.1) is 0 Å². The molecule has 0 saturated heterocycles. The molecule has 10 heteroatoms. The molecule has 0 aromatic carbocycles. The van der Waals surface area contributed by atoms with Crippen LogP contribution in [-0.4, -0.2) is 50.4 Å². The number of ether oxygens (including phenoxy) is 1. The Balaban J connectivity index is 4.63. The van der Waals surface area contributed by atoms with Crippen molar-refractivity contribution in [2.24, 2.45) is 0 Å². The van der Waals surface area contributed by atoms with Crippen LogP contribution in [0.15, 0.2) is 0 Å². The van der Waals surface area contributed by atoms with Crippen LogP contribution >= 0.6 is 11.8 Å². The second-order valence-electron chi connectivity index (χ2n) is 5.26. The normalized spacial score (nSPS) is 13.4. The van der Waals surface area contributed by atoms with Gasteiger partial charge in [-0.3, -0.25) is 0 Å². The lowest BCUT2D eigenvalue weighted by Gasteiger charge is -2.22. The number of rotatable bonds is 7. The van der Waals surface area contributed by atoms with Crippen molar-refractivity contribution in [1.82, 2.24) is 10.2 Å². The van der Waals surface area contributed by atoms with Gasteiger partial charge < -0.3 is 14.9 Å². The summed E-state index contributed by atoms with van der Waals surface area (Å²) in [6.07, 6.45) is 2.19. The van der Waals surface area contributed by atoms with Crippen LogP contribution in [0, 0.1) is 0 Å². The predicted octanol–water partition coefficient (Wildman–Crippen LogP) is 0.640.